The molecule has 2 heterocycles. The number of rotatable bonds is 2. The summed E-state index contributed by atoms with van der Waals surface area (Å²) in [6, 6.07) is 6.14. The fourth-order valence-corrected chi connectivity index (χ4v) is 3.12. The maximum absolute atomic E-state index is 13.3. The number of halogens is 1. The summed E-state index contributed by atoms with van der Waals surface area (Å²) in [5, 5.41) is 3.47. The van der Waals surface area contributed by atoms with Crippen LogP contribution in [0.25, 0.3) is 10.1 Å². The van der Waals surface area contributed by atoms with Gasteiger partial charge in [-0.25, -0.2) is 4.39 Å². The molecule has 1 aromatic carbocycles. The zero-order valence-electron chi connectivity index (χ0n) is 11.2. The van der Waals surface area contributed by atoms with E-state index in [1.165, 1.54) is 23.5 Å². The van der Waals surface area contributed by atoms with Gasteiger partial charge in [-0.15, -0.1) is 11.3 Å². The van der Waals surface area contributed by atoms with Gasteiger partial charge in [0.15, 0.2) is 0 Å². The molecule has 0 unspecified atom stereocenters. The van der Waals surface area contributed by atoms with E-state index in [0.717, 1.165) is 15.6 Å². The average molecular weight is 301 g/mol. The normalized spacial score (nSPS) is 10.8. The summed E-state index contributed by atoms with van der Waals surface area (Å²) < 4.78 is 14.2. The van der Waals surface area contributed by atoms with Crippen LogP contribution in [0.15, 0.2) is 36.7 Å². The number of nitrogens with one attached hydrogen (secondary N) is 1. The molecule has 0 bridgehead atoms. The first-order valence-corrected chi connectivity index (χ1v) is 7.07. The van der Waals surface area contributed by atoms with Crippen molar-refractivity contribution in [3.05, 3.63) is 52.9 Å². The Morgan fingerprint density at radius 3 is 2.90 bits per heavy atom. The SMILES string of the molecule is Cc1cc(F)cc(NC(=O)c2sc3cnccc3c2N)c1. The third-order valence-corrected chi connectivity index (χ3v) is 4.19. The number of anilines is 2. The van der Waals surface area contributed by atoms with Gasteiger partial charge in [-0.1, -0.05) is 0 Å². The van der Waals surface area contributed by atoms with Crippen molar-refractivity contribution in [1.29, 1.82) is 0 Å². The third kappa shape index (κ3) is 2.57. The van der Waals surface area contributed by atoms with E-state index < -0.39 is 0 Å². The summed E-state index contributed by atoms with van der Waals surface area (Å²) in [6.07, 6.45) is 3.29. The van der Waals surface area contributed by atoms with Crippen LogP contribution in [0, 0.1) is 12.7 Å². The number of amides is 1. The van der Waals surface area contributed by atoms with Crippen LogP contribution in [0.2, 0.25) is 0 Å². The second-order valence-corrected chi connectivity index (χ2v) is 5.74. The Hall–Kier alpha value is -2.47. The number of pyridine rings is 1. The highest BCUT2D eigenvalue weighted by Gasteiger charge is 2.16. The lowest BCUT2D eigenvalue weighted by molar-refractivity contribution is 0.103. The fraction of sp³-hybridized carbons (Fsp3) is 0.0667. The van der Waals surface area contributed by atoms with Gasteiger partial charge in [-0.05, 0) is 36.8 Å². The molecule has 0 aliphatic carbocycles. The van der Waals surface area contributed by atoms with Crippen molar-refractivity contribution in [2.24, 2.45) is 0 Å². The van der Waals surface area contributed by atoms with Crippen molar-refractivity contribution in [3.63, 3.8) is 0 Å². The summed E-state index contributed by atoms with van der Waals surface area (Å²) in [5.41, 5.74) is 7.57. The molecule has 3 aromatic rings. The van der Waals surface area contributed by atoms with Crippen LogP contribution in [-0.4, -0.2) is 10.9 Å². The number of carbonyl (C=O) groups excluding carboxylic acids is 1. The fourth-order valence-electron chi connectivity index (χ4n) is 2.14. The van der Waals surface area contributed by atoms with Crippen LogP contribution in [0.5, 0.6) is 0 Å². The Labute approximate surface area is 124 Å². The van der Waals surface area contributed by atoms with E-state index >= 15 is 0 Å². The first kappa shape index (κ1) is 13.5. The Kier molecular flexibility index (Phi) is 3.31. The molecular formula is C15H12FN3OS. The number of aromatic nitrogens is 1. The average Bonchev–Trinajstić information content (AvgIpc) is 2.76. The van der Waals surface area contributed by atoms with Crippen LogP contribution in [0.4, 0.5) is 15.8 Å². The molecule has 0 fully saturated rings. The number of aryl methyl sites for hydroxylation is 1. The van der Waals surface area contributed by atoms with Gasteiger partial charge < -0.3 is 11.1 Å². The molecule has 3 N–H and O–H groups in total. The summed E-state index contributed by atoms with van der Waals surface area (Å²) in [7, 11) is 0. The molecule has 6 heteroatoms. The number of hydrogen-bond acceptors (Lipinski definition) is 4. The van der Waals surface area contributed by atoms with Gasteiger partial charge in [-0.3, -0.25) is 9.78 Å². The quantitative estimate of drug-likeness (QED) is 0.760. The minimum Gasteiger partial charge on any atom is -0.397 e. The van der Waals surface area contributed by atoms with Crippen molar-refractivity contribution >= 4 is 38.7 Å². The Morgan fingerprint density at radius 2 is 2.19 bits per heavy atom. The molecule has 4 nitrogen and oxygen atoms in total. The smallest absolute Gasteiger partial charge is 0.267 e. The van der Waals surface area contributed by atoms with Gasteiger partial charge in [0.1, 0.15) is 10.7 Å². The molecule has 3 rings (SSSR count). The maximum Gasteiger partial charge on any atom is 0.267 e. The molecule has 1 amide bonds. The second-order valence-electron chi connectivity index (χ2n) is 4.69. The van der Waals surface area contributed by atoms with Crippen LogP contribution in [0.3, 0.4) is 0 Å². The van der Waals surface area contributed by atoms with Gasteiger partial charge >= 0.3 is 0 Å². The number of nitrogen functional groups attached to an aromatic ring is 1. The van der Waals surface area contributed by atoms with E-state index in [-0.39, 0.29) is 11.7 Å². The molecule has 0 aliphatic heterocycles. The van der Waals surface area contributed by atoms with E-state index in [2.05, 4.69) is 10.3 Å². The van der Waals surface area contributed by atoms with Gasteiger partial charge in [0.2, 0.25) is 0 Å². The molecule has 0 aliphatic rings. The minimum atomic E-state index is -0.390. The first-order chi connectivity index (χ1) is 10.0. The minimum absolute atomic E-state index is 0.348. The number of carbonyl (C=O) groups is 1. The van der Waals surface area contributed by atoms with Crippen LogP contribution in [0.1, 0.15) is 15.2 Å². The third-order valence-electron chi connectivity index (χ3n) is 3.04. The van der Waals surface area contributed by atoms with Crippen molar-refractivity contribution in [2.45, 2.75) is 6.92 Å². The first-order valence-electron chi connectivity index (χ1n) is 6.25. The van der Waals surface area contributed by atoms with Crippen molar-refractivity contribution in [2.75, 3.05) is 11.1 Å². The lowest BCUT2D eigenvalue weighted by atomic mass is 10.2. The Balaban J connectivity index is 1.95. The topological polar surface area (TPSA) is 68.0 Å². The number of benzene rings is 1. The van der Waals surface area contributed by atoms with Gasteiger partial charge in [0.25, 0.3) is 5.91 Å². The number of nitrogens with two attached hydrogens (primary N) is 1. The van der Waals surface area contributed by atoms with E-state index in [0.29, 0.717) is 16.3 Å². The van der Waals surface area contributed by atoms with Crippen molar-refractivity contribution < 1.29 is 9.18 Å². The molecule has 0 saturated heterocycles. The zero-order chi connectivity index (χ0) is 15.0. The Bertz CT molecular complexity index is 824. The van der Waals surface area contributed by atoms with Crippen LogP contribution in [-0.2, 0) is 0 Å². The van der Waals surface area contributed by atoms with Crippen molar-refractivity contribution in [1.82, 2.24) is 4.98 Å². The number of fused-ring (bicyclic) bond motifs is 1. The molecule has 0 spiro atoms. The summed E-state index contributed by atoms with van der Waals surface area (Å²) in [6.45, 7) is 1.76. The highest BCUT2D eigenvalue weighted by Crippen LogP contribution is 2.33. The molecule has 0 saturated carbocycles. The largest absolute Gasteiger partial charge is 0.397 e. The predicted octanol–water partition coefficient (Wildman–Crippen LogP) is 3.58. The van der Waals surface area contributed by atoms with E-state index in [1.54, 1.807) is 31.5 Å². The number of nitrogens with zero attached hydrogens (tertiary/aromatic N) is 1. The van der Waals surface area contributed by atoms with E-state index in [1.807, 2.05) is 0 Å². The van der Waals surface area contributed by atoms with E-state index in [9.17, 15) is 9.18 Å². The molecule has 2 aromatic heterocycles. The monoisotopic (exact) mass is 301 g/mol. The number of hydrogen-bond donors (Lipinski definition) is 2. The number of thiophene rings is 1. The molecular weight excluding hydrogens is 289 g/mol. The predicted molar refractivity (Wildman–Crippen MR) is 83.1 cm³/mol. The maximum atomic E-state index is 13.3. The second kappa shape index (κ2) is 5.14. The lowest BCUT2D eigenvalue weighted by Crippen LogP contribution is -2.12. The summed E-state index contributed by atoms with van der Waals surface area (Å²) >= 11 is 1.27. The molecule has 106 valence electrons. The van der Waals surface area contributed by atoms with Gasteiger partial charge in [0.05, 0.1) is 10.4 Å². The highest BCUT2D eigenvalue weighted by molar-refractivity contribution is 7.21. The van der Waals surface area contributed by atoms with Gasteiger partial charge in [-0.2, -0.15) is 0 Å². The molecule has 21 heavy (non-hydrogen) atoms. The van der Waals surface area contributed by atoms with E-state index in [4.69, 9.17) is 5.73 Å². The van der Waals surface area contributed by atoms with Crippen molar-refractivity contribution in [3.8, 4) is 0 Å². The standard InChI is InChI=1S/C15H12FN3OS/c1-8-4-9(16)6-10(5-8)19-15(20)14-13(17)11-2-3-18-7-12(11)21-14/h2-7H,17H2,1H3,(H,19,20). The summed E-state index contributed by atoms with van der Waals surface area (Å²) in [5.74, 6) is -0.738. The zero-order valence-corrected chi connectivity index (χ0v) is 12.0. The molecule has 0 atom stereocenters. The Morgan fingerprint density at radius 1 is 1.38 bits per heavy atom. The molecule has 0 radical (unpaired) electrons. The van der Waals surface area contributed by atoms with Crippen LogP contribution >= 0.6 is 11.3 Å². The summed E-state index contributed by atoms with van der Waals surface area (Å²) in [4.78, 5) is 16.7. The highest BCUT2D eigenvalue weighted by atomic mass is 32.1. The van der Waals surface area contributed by atoms with Crippen LogP contribution < -0.4 is 11.1 Å². The lowest BCUT2D eigenvalue weighted by Gasteiger charge is -2.06. The van der Waals surface area contributed by atoms with Gasteiger partial charge in [0, 0.05) is 23.5 Å².